The van der Waals surface area contributed by atoms with Gasteiger partial charge in [-0.1, -0.05) is 48.5 Å². The zero-order chi connectivity index (χ0) is 37.0. The Labute approximate surface area is 320 Å². The number of para-hydroxylation sites is 2. The molecule has 8 nitrogen and oxygen atoms in total. The number of rotatable bonds is 4. The van der Waals surface area contributed by atoms with E-state index in [9.17, 15) is 0 Å². The van der Waals surface area contributed by atoms with Crippen molar-refractivity contribution >= 4 is 68.2 Å². The molecule has 9 aromatic rings. The van der Waals surface area contributed by atoms with E-state index >= 15 is 0 Å². The molecule has 0 radical (unpaired) electrons. The summed E-state index contributed by atoms with van der Waals surface area (Å²) in [7, 11) is 0. The third-order valence-electron chi connectivity index (χ3n) is 10.4. The van der Waals surface area contributed by atoms with Gasteiger partial charge in [0.25, 0.3) is 0 Å². The van der Waals surface area contributed by atoms with Crippen LogP contribution in [0.5, 0.6) is 0 Å². The molecule has 2 N–H and O–H groups in total. The van der Waals surface area contributed by atoms with E-state index in [0.29, 0.717) is 0 Å². The van der Waals surface area contributed by atoms with Crippen molar-refractivity contribution in [2.24, 2.45) is 0 Å². The van der Waals surface area contributed by atoms with Crippen LogP contribution in [-0.2, 0) is 0 Å². The summed E-state index contributed by atoms with van der Waals surface area (Å²) in [4.78, 5) is 37.1. The number of pyridine rings is 4. The van der Waals surface area contributed by atoms with Gasteiger partial charge in [0.2, 0.25) is 0 Å². The van der Waals surface area contributed by atoms with Crippen molar-refractivity contribution in [1.82, 2.24) is 39.9 Å². The number of aromatic nitrogens is 8. The maximum atomic E-state index is 5.37. The van der Waals surface area contributed by atoms with Crippen LogP contribution in [0.1, 0.15) is 22.8 Å². The van der Waals surface area contributed by atoms with Crippen molar-refractivity contribution in [3.63, 3.8) is 0 Å². The van der Waals surface area contributed by atoms with Crippen molar-refractivity contribution < 1.29 is 0 Å². The van der Waals surface area contributed by atoms with Crippen LogP contribution in [0.25, 0.3) is 113 Å². The standard InChI is InChI=1S/C48H30N8/c1-3-11-35-29(7-1)23-33(27-51-35)47-41-17-13-37(53-41)45(31-9-5-21-49-25-31)39-15-19-43(55-39)48(34-24-30-8-2-4-12-36(30)52-28-34)44-20-16-40(56-44)46(32-10-6-22-50-26-32)38-14-18-42(47)54-38/h1-28,53,55H. The summed E-state index contributed by atoms with van der Waals surface area (Å²) in [5.41, 5.74) is 16.3. The van der Waals surface area contributed by atoms with E-state index in [1.807, 2.05) is 73.3 Å². The maximum absolute atomic E-state index is 5.37. The number of nitrogens with zero attached hydrogens (tertiary/aromatic N) is 6. The van der Waals surface area contributed by atoms with Crippen LogP contribution in [0.15, 0.2) is 146 Å². The zero-order valence-corrected chi connectivity index (χ0v) is 29.8. The van der Waals surface area contributed by atoms with Crippen LogP contribution < -0.4 is 0 Å². The largest absolute Gasteiger partial charge is 0.354 e. The highest BCUT2D eigenvalue weighted by Gasteiger charge is 2.20. The van der Waals surface area contributed by atoms with Crippen LogP contribution in [0.3, 0.4) is 0 Å². The highest BCUT2D eigenvalue weighted by molar-refractivity contribution is 6.01. The lowest BCUT2D eigenvalue weighted by molar-refractivity contribution is 1.26. The van der Waals surface area contributed by atoms with Gasteiger partial charge in [-0.3, -0.25) is 19.9 Å². The Morgan fingerprint density at radius 3 is 1.25 bits per heavy atom. The maximum Gasteiger partial charge on any atom is 0.0738 e. The van der Waals surface area contributed by atoms with E-state index in [4.69, 9.17) is 19.9 Å². The van der Waals surface area contributed by atoms with Crippen molar-refractivity contribution in [1.29, 1.82) is 0 Å². The average molecular weight is 719 g/mol. The molecule has 9 heterocycles. The molecule has 0 atom stereocenters. The van der Waals surface area contributed by atoms with Gasteiger partial charge in [-0.15, -0.1) is 0 Å². The second-order valence-corrected chi connectivity index (χ2v) is 13.8. The lowest BCUT2D eigenvalue weighted by Gasteiger charge is -2.07. The highest BCUT2D eigenvalue weighted by atomic mass is 14.8. The Morgan fingerprint density at radius 2 is 0.786 bits per heavy atom. The summed E-state index contributed by atoms with van der Waals surface area (Å²) < 4.78 is 0. The van der Waals surface area contributed by atoms with Crippen LogP contribution in [0, 0.1) is 0 Å². The molecule has 0 saturated carbocycles. The topological polar surface area (TPSA) is 109 Å². The second-order valence-electron chi connectivity index (χ2n) is 13.8. The molecular formula is C48H30N8. The van der Waals surface area contributed by atoms with Crippen LogP contribution in [0.4, 0.5) is 0 Å². The van der Waals surface area contributed by atoms with Gasteiger partial charge in [-0.05, 0) is 85.0 Å². The second kappa shape index (κ2) is 12.9. The smallest absolute Gasteiger partial charge is 0.0738 e. The van der Waals surface area contributed by atoms with Crippen molar-refractivity contribution in [3.05, 3.63) is 169 Å². The van der Waals surface area contributed by atoms with Crippen LogP contribution in [-0.4, -0.2) is 39.9 Å². The molecule has 8 bridgehead atoms. The van der Waals surface area contributed by atoms with E-state index in [1.54, 1.807) is 12.4 Å². The first-order valence-corrected chi connectivity index (χ1v) is 18.4. The van der Waals surface area contributed by atoms with E-state index < -0.39 is 0 Å². The minimum Gasteiger partial charge on any atom is -0.354 e. The fraction of sp³-hybridized carbons (Fsp3) is 0. The first kappa shape index (κ1) is 31.7. The number of hydrogen-bond acceptors (Lipinski definition) is 6. The molecule has 7 aromatic heterocycles. The lowest BCUT2D eigenvalue weighted by atomic mass is 10.0. The molecule has 0 fully saturated rings. The monoisotopic (exact) mass is 718 g/mol. The molecule has 2 aliphatic heterocycles. The Hall–Kier alpha value is -7.84. The number of H-pyrrole nitrogens is 2. The molecule has 2 aliphatic rings. The number of hydrogen-bond donors (Lipinski definition) is 2. The lowest BCUT2D eigenvalue weighted by Crippen LogP contribution is -1.92. The zero-order valence-electron chi connectivity index (χ0n) is 29.8. The van der Waals surface area contributed by atoms with Gasteiger partial charge in [0.05, 0.1) is 33.8 Å². The predicted molar refractivity (Wildman–Crippen MR) is 227 cm³/mol. The molecule has 0 aliphatic carbocycles. The Morgan fingerprint density at radius 1 is 0.357 bits per heavy atom. The van der Waals surface area contributed by atoms with Crippen molar-refractivity contribution in [3.8, 4) is 44.5 Å². The molecule has 0 spiro atoms. The molecule has 2 aromatic carbocycles. The summed E-state index contributed by atoms with van der Waals surface area (Å²) in [5.74, 6) is 0. The predicted octanol–water partition coefficient (Wildman–Crippen LogP) is 11.2. The summed E-state index contributed by atoms with van der Waals surface area (Å²) >= 11 is 0. The molecule has 262 valence electrons. The van der Waals surface area contributed by atoms with Gasteiger partial charge in [0, 0.05) is 115 Å². The summed E-state index contributed by atoms with van der Waals surface area (Å²) in [5, 5.41) is 2.10. The van der Waals surface area contributed by atoms with E-state index in [2.05, 4.69) is 105 Å². The molecule has 0 saturated heterocycles. The Balaban J connectivity index is 1.30. The first-order chi connectivity index (χ1) is 27.7. The molecule has 11 rings (SSSR count). The van der Waals surface area contributed by atoms with E-state index in [1.165, 1.54) is 0 Å². The number of nitrogens with one attached hydrogen (secondary N) is 2. The SMILES string of the molecule is C1=Cc2nc1c(-c1cccnc1)c1nc(c(-c3cnc4ccccc4c3)c3ccc([nH]3)c(-c3cccnc3)c3ccc([nH]3)c2-c2cnc3ccccc3c2)C=C1. The quantitative estimate of drug-likeness (QED) is 0.187. The Bertz CT molecular complexity index is 3070. The molecule has 0 amide bonds. The number of aromatic amines is 2. The highest BCUT2D eigenvalue weighted by Crippen LogP contribution is 2.38. The van der Waals surface area contributed by atoms with Crippen molar-refractivity contribution in [2.45, 2.75) is 0 Å². The van der Waals surface area contributed by atoms with Gasteiger partial charge < -0.3 is 9.97 Å². The minimum absolute atomic E-state index is 0.793. The van der Waals surface area contributed by atoms with Crippen molar-refractivity contribution in [2.75, 3.05) is 0 Å². The van der Waals surface area contributed by atoms with Crippen LogP contribution >= 0.6 is 0 Å². The van der Waals surface area contributed by atoms with Crippen LogP contribution in [0.2, 0.25) is 0 Å². The van der Waals surface area contributed by atoms with Gasteiger partial charge in [-0.25, -0.2) is 9.97 Å². The first-order valence-electron chi connectivity index (χ1n) is 18.4. The van der Waals surface area contributed by atoms with Gasteiger partial charge in [0.1, 0.15) is 0 Å². The summed E-state index contributed by atoms with van der Waals surface area (Å²) in [6, 6.07) is 37.3. The third-order valence-corrected chi connectivity index (χ3v) is 10.4. The normalized spacial score (nSPS) is 12.1. The number of fused-ring (bicyclic) bond motifs is 10. The molecule has 8 heteroatoms. The third kappa shape index (κ3) is 5.39. The fourth-order valence-corrected chi connectivity index (χ4v) is 7.86. The average Bonchev–Trinajstić information content (AvgIpc) is 4.10. The van der Waals surface area contributed by atoms with E-state index in [0.717, 1.165) is 111 Å². The number of benzene rings is 2. The Kier molecular flexibility index (Phi) is 7.31. The van der Waals surface area contributed by atoms with E-state index in [-0.39, 0.29) is 0 Å². The fourth-order valence-electron chi connectivity index (χ4n) is 7.86. The molecule has 0 unspecified atom stereocenters. The van der Waals surface area contributed by atoms with Gasteiger partial charge in [0.15, 0.2) is 0 Å². The molecule has 56 heavy (non-hydrogen) atoms. The summed E-state index contributed by atoms with van der Waals surface area (Å²) in [6.45, 7) is 0. The van der Waals surface area contributed by atoms with Gasteiger partial charge >= 0.3 is 0 Å². The molecular weight excluding hydrogens is 689 g/mol. The summed E-state index contributed by atoms with van der Waals surface area (Å²) in [6.07, 6.45) is 19.5. The van der Waals surface area contributed by atoms with Gasteiger partial charge in [-0.2, -0.15) is 0 Å². The minimum atomic E-state index is 0.793.